The number of carbonyl (C=O) groups excluding carboxylic acids is 1. The van der Waals surface area contributed by atoms with Gasteiger partial charge in [-0.15, -0.1) is 10.2 Å². The third-order valence-electron chi connectivity index (χ3n) is 1.56. The second-order valence-electron chi connectivity index (χ2n) is 2.99. The molecule has 1 amide bonds. The highest BCUT2D eigenvalue weighted by atomic mass is 32.2. The molecule has 1 aromatic heterocycles. The Bertz CT molecular complexity index is 394. The van der Waals surface area contributed by atoms with Gasteiger partial charge >= 0.3 is 5.97 Å². The lowest BCUT2D eigenvalue weighted by molar-refractivity contribution is -0.140. The summed E-state index contributed by atoms with van der Waals surface area (Å²) in [6.07, 6.45) is 0. The van der Waals surface area contributed by atoms with Crippen molar-refractivity contribution in [3.8, 4) is 0 Å². The number of aryl methyl sites for hydroxylation is 1. The lowest BCUT2D eigenvalue weighted by atomic mass is 10.3. The van der Waals surface area contributed by atoms with Crippen LogP contribution in [-0.4, -0.2) is 39.0 Å². The fourth-order valence-corrected chi connectivity index (χ4v) is 2.76. The topological polar surface area (TPSA) is 92.2 Å². The van der Waals surface area contributed by atoms with Crippen LogP contribution >= 0.6 is 23.1 Å². The molecule has 0 radical (unpaired) electrons. The number of aromatic nitrogens is 2. The third-order valence-corrected chi connectivity index (χ3v) is 3.62. The molecule has 0 aromatic carbocycles. The summed E-state index contributed by atoms with van der Waals surface area (Å²) in [6, 6.07) is -0.897. The molecule has 6 nitrogen and oxygen atoms in total. The molecule has 0 aliphatic rings. The molecule has 0 spiro atoms. The van der Waals surface area contributed by atoms with Crippen molar-refractivity contribution in [2.75, 3.05) is 5.75 Å². The summed E-state index contributed by atoms with van der Waals surface area (Å²) >= 11 is 2.66. The van der Waals surface area contributed by atoms with E-state index in [0.717, 1.165) is 5.01 Å². The number of carbonyl (C=O) groups is 2. The van der Waals surface area contributed by atoms with E-state index >= 15 is 0 Å². The van der Waals surface area contributed by atoms with E-state index in [1.165, 1.54) is 30.0 Å². The average Bonchev–Trinajstić information content (AvgIpc) is 2.58. The highest BCUT2D eigenvalue weighted by Gasteiger charge is 2.19. The summed E-state index contributed by atoms with van der Waals surface area (Å²) in [5.74, 6) is -1.17. The van der Waals surface area contributed by atoms with Crippen LogP contribution in [0.25, 0.3) is 0 Å². The number of hydrogen-bond donors (Lipinski definition) is 2. The molecule has 8 heteroatoms. The quantitative estimate of drug-likeness (QED) is 0.751. The Morgan fingerprint density at radius 1 is 1.56 bits per heavy atom. The van der Waals surface area contributed by atoms with Crippen molar-refractivity contribution >= 4 is 35.0 Å². The SMILES string of the molecule is CC(=O)NC(CSc1nnc(C)s1)C(=O)O. The van der Waals surface area contributed by atoms with E-state index in [9.17, 15) is 9.59 Å². The first kappa shape index (κ1) is 12.9. The van der Waals surface area contributed by atoms with E-state index in [0.29, 0.717) is 4.34 Å². The minimum atomic E-state index is -1.05. The van der Waals surface area contributed by atoms with Gasteiger partial charge in [0.15, 0.2) is 4.34 Å². The molecule has 1 atom stereocenters. The third kappa shape index (κ3) is 4.15. The molecule has 1 aromatic rings. The number of aliphatic carboxylic acids is 1. The van der Waals surface area contributed by atoms with Crippen molar-refractivity contribution in [3.05, 3.63) is 5.01 Å². The number of nitrogens with zero attached hydrogens (tertiary/aromatic N) is 2. The molecule has 16 heavy (non-hydrogen) atoms. The summed E-state index contributed by atoms with van der Waals surface area (Å²) in [4.78, 5) is 21.6. The zero-order valence-electron chi connectivity index (χ0n) is 8.76. The zero-order valence-corrected chi connectivity index (χ0v) is 10.4. The van der Waals surface area contributed by atoms with Gasteiger partial charge in [-0.05, 0) is 6.92 Å². The van der Waals surface area contributed by atoms with Gasteiger partial charge in [-0.25, -0.2) is 4.79 Å². The highest BCUT2D eigenvalue weighted by Crippen LogP contribution is 2.22. The smallest absolute Gasteiger partial charge is 0.327 e. The van der Waals surface area contributed by atoms with Crippen LogP contribution in [0.4, 0.5) is 0 Å². The monoisotopic (exact) mass is 261 g/mol. The second-order valence-corrected chi connectivity index (χ2v) is 5.44. The normalized spacial score (nSPS) is 12.1. The first-order valence-corrected chi connectivity index (χ1v) is 6.22. The van der Waals surface area contributed by atoms with Crippen LogP contribution in [-0.2, 0) is 9.59 Å². The Morgan fingerprint density at radius 2 is 2.25 bits per heavy atom. The molecule has 0 saturated heterocycles. The van der Waals surface area contributed by atoms with E-state index in [1.54, 1.807) is 0 Å². The van der Waals surface area contributed by atoms with Crippen LogP contribution in [0.3, 0.4) is 0 Å². The number of rotatable bonds is 5. The van der Waals surface area contributed by atoms with Crippen LogP contribution in [0.15, 0.2) is 4.34 Å². The zero-order chi connectivity index (χ0) is 12.1. The number of carboxylic acids is 1. The van der Waals surface area contributed by atoms with Gasteiger partial charge in [-0.2, -0.15) is 0 Å². The van der Waals surface area contributed by atoms with Gasteiger partial charge in [-0.1, -0.05) is 23.1 Å². The van der Waals surface area contributed by atoms with Gasteiger partial charge in [0, 0.05) is 12.7 Å². The predicted octanol–water partition coefficient (Wildman–Crippen LogP) is 0.528. The molecule has 0 fully saturated rings. The van der Waals surface area contributed by atoms with Crippen LogP contribution in [0.1, 0.15) is 11.9 Å². The Kier molecular flexibility index (Phi) is 4.69. The Labute approximate surface area is 100 Å². The van der Waals surface area contributed by atoms with E-state index in [2.05, 4.69) is 15.5 Å². The fraction of sp³-hybridized carbons (Fsp3) is 0.500. The van der Waals surface area contributed by atoms with E-state index in [1.807, 2.05) is 6.92 Å². The predicted molar refractivity (Wildman–Crippen MR) is 60.6 cm³/mol. The number of thioether (sulfide) groups is 1. The number of amides is 1. The second kappa shape index (κ2) is 5.80. The molecule has 0 saturated carbocycles. The van der Waals surface area contributed by atoms with Crippen LogP contribution in [0, 0.1) is 6.92 Å². The maximum atomic E-state index is 10.8. The van der Waals surface area contributed by atoms with Crippen molar-refractivity contribution in [3.63, 3.8) is 0 Å². The van der Waals surface area contributed by atoms with E-state index < -0.39 is 12.0 Å². The molecule has 88 valence electrons. The molecular weight excluding hydrogens is 250 g/mol. The van der Waals surface area contributed by atoms with Gasteiger partial charge in [-0.3, -0.25) is 4.79 Å². The van der Waals surface area contributed by atoms with Gasteiger partial charge in [0.2, 0.25) is 5.91 Å². The molecule has 1 heterocycles. The van der Waals surface area contributed by atoms with Gasteiger partial charge in [0.1, 0.15) is 11.0 Å². The summed E-state index contributed by atoms with van der Waals surface area (Å²) in [5, 5.41) is 19.7. The Morgan fingerprint density at radius 3 is 2.69 bits per heavy atom. The summed E-state index contributed by atoms with van der Waals surface area (Å²) in [6.45, 7) is 3.11. The average molecular weight is 261 g/mol. The lowest BCUT2D eigenvalue weighted by Gasteiger charge is -2.11. The van der Waals surface area contributed by atoms with Crippen molar-refractivity contribution in [2.24, 2.45) is 0 Å². The number of nitrogens with one attached hydrogen (secondary N) is 1. The molecule has 0 aliphatic carbocycles. The van der Waals surface area contributed by atoms with E-state index in [-0.39, 0.29) is 11.7 Å². The Balaban J connectivity index is 2.50. The summed E-state index contributed by atoms with van der Waals surface area (Å²) < 4.78 is 0.703. The van der Waals surface area contributed by atoms with Crippen LogP contribution in [0.2, 0.25) is 0 Å². The first-order valence-electron chi connectivity index (χ1n) is 4.42. The van der Waals surface area contributed by atoms with Gasteiger partial charge in [0.25, 0.3) is 0 Å². The Hall–Kier alpha value is -1.15. The summed E-state index contributed by atoms with van der Waals surface area (Å²) in [7, 11) is 0. The lowest BCUT2D eigenvalue weighted by Crippen LogP contribution is -2.41. The molecule has 0 bridgehead atoms. The maximum Gasteiger partial charge on any atom is 0.327 e. The maximum absolute atomic E-state index is 10.8. The summed E-state index contributed by atoms with van der Waals surface area (Å²) in [5.41, 5.74) is 0. The van der Waals surface area contributed by atoms with Gasteiger partial charge < -0.3 is 10.4 Å². The first-order chi connectivity index (χ1) is 7.49. The molecule has 1 unspecified atom stereocenters. The molecular formula is C8H11N3O3S2. The largest absolute Gasteiger partial charge is 0.480 e. The standard InChI is InChI=1S/C8H11N3O3S2/c1-4(12)9-6(7(13)14)3-15-8-11-10-5(2)16-8/h6H,3H2,1-2H3,(H,9,12)(H,13,14). The van der Waals surface area contributed by atoms with Crippen LogP contribution < -0.4 is 5.32 Å². The molecule has 1 rings (SSSR count). The minimum Gasteiger partial charge on any atom is -0.480 e. The minimum absolute atomic E-state index is 0.240. The van der Waals surface area contributed by atoms with Crippen molar-refractivity contribution < 1.29 is 14.7 Å². The fourth-order valence-electron chi connectivity index (χ4n) is 0.911. The van der Waals surface area contributed by atoms with Crippen molar-refractivity contribution in [1.82, 2.24) is 15.5 Å². The number of hydrogen-bond acceptors (Lipinski definition) is 6. The van der Waals surface area contributed by atoms with Crippen molar-refractivity contribution in [2.45, 2.75) is 24.2 Å². The van der Waals surface area contributed by atoms with E-state index in [4.69, 9.17) is 5.11 Å². The van der Waals surface area contributed by atoms with Gasteiger partial charge in [0.05, 0.1) is 0 Å². The number of carboxylic acid groups (broad SMARTS) is 1. The molecule has 2 N–H and O–H groups in total. The van der Waals surface area contributed by atoms with Crippen LogP contribution in [0.5, 0.6) is 0 Å². The molecule has 0 aliphatic heterocycles. The van der Waals surface area contributed by atoms with Crippen molar-refractivity contribution in [1.29, 1.82) is 0 Å². The highest BCUT2D eigenvalue weighted by molar-refractivity contribution is 8.01.